The van der Waals surface area contributed by atoms with Crippen molar-refractivity contribution in [2.45, 2.75) is 27.4 Å². The van der Waals surface area contributed by atoms with Gasteiger partial charge in [0.25, 0.3) is 0 Å². The molecule has 0 aliphatic heterocycles. The van der Waals surface area contributed by atoms with Gasteiger partial charge in [0.05, 0.1) is 12.3 Å². The van der Waals surface area contributed by atoms with E-state index in [1.165, 1.54) is 12.1 Å². The number of ether oxygens (including phenoxy) is 2. The topological polar surface area (TPSA) is 47.6 Å². The minimum Gasteiger partial charge on any atom is -0.489 e. The summed E-state index contributed by atoms with van der Waals surface area (Å²) < 4.78 is 24.0. The molecule has 0 spiro atoms. The molecule has 0 saturated carbocycles. The van der Waals surface area contributed by atoms with E-state index in [2.05, 4.69) is 5.32 Å². The third-order valence-electron chi connectivity index (χ3n) is 3.30. The molecule has 0 heterocycles. The molecule has 5 heteroatoms. The molecule has 0 radical (unpaired) electrons. The highest BCUT2D eigenvalue weighted by molar-refractivity contribution is 5.85. The zero-order chi connectivity index (χ0) is 16.8. The largest absolute Gasteiger partial charge is 0.489 e. The van der Waals surface area contributed by atoms with Crippen LogP contribution in [0, 0.1) is 19.7 Å². The normalized spacial score (nSPS) is 10.3. The van der Waals surface area contributed by atoms with Crippen LogP contribution in [-0.2, 0) is 11.3 Å². The fourth-order valence-electron chi connectivity index (χ4n) is 2.18. The molecule has 0 atom stereocenters. The molecule has 0 fully saturated rings. The van der Waals surface area contributed by atoms with Crippen molar-refractivity contribution >= 4 is 11.8 Å². The molecule has 1 amide bonds. The highest BCUT2D eigenvalue weighted by Gasteiger charge is 2.10. The van der Waals surface area contributed by atoms with Crippen LogP contribution < -0.4 is 10.1 Å². The molecular formula is C18H20FNO3. The van der Waals surface area contributed by atoms with Crippen molar-refractivity contribution in [3.63, 3.8) is 0 Å². The van der Waals surface area contributed by atoms with Gasteiger partial charge in [0.15, 0.2) is 0 Å². The first-order valence-electron chi connectivity index (χ1n) is 7.42. The zero-order valence-electron chi connectivity index (χ0n) is 13.5. The van der Waals surface area contributed by atoms with Crippen LogP contribution in [0.3, 0.4) is 0 Å². The van der Waals surface area contributed by atoms with Crippen molar-refractivity contribution in [1.29, 1.82) is 0 Å². The number of aryl methyl sites for hydroxylation is 2. The Balaban J connectivity index is 2.14. The fourth-order valence-corrected chi connectivity index (χ4v) is 2.18. The maximum atomic E-state index is 13.4. The minimum absolute atomic E-state index is 0.214. The summed E-state index contributed by atoms with van der Waals surface area (Å²) in [6.07, 6.45) is -0.620. The number of halogens is 1. The molecule has 1 N–H and O–H groups in total. The average Bonchev–Trinajstić information content (AvgIpc) is 2.48. The molecule has 23 heavy (non-hydrogen) atoms. The van der Waals surface area contributed by atoms with Crippen LogP contribution in [0.5, 0.6) is 5.75 Å². The Kier molecular flexibility index (Phi) is 5.57. The van der Waals surface area contributed by atoms with E-state index in [1.807, 2.05) is 32.0 Å². The van der Waals surface area contributed by atoms with Gasteiger partial charge in [-0.1, -0.05) is 23.8 Å². The molecule has 2 aromatic rings. The van der Waals surface area contributed by atoms with E-state index in [1.54, 1.807) is 13.0 Å². The van der Waals surface area contributed by atoms with E-state index < -0.39 is 11.9 Å². The number of carbonyl (C=O) groups is 1. The lowest BCUT2D eigenvalue weighted by Gasteiger charge is -2.14. The Hall–Kier alpha value is -2.56. The Morgan fingerprint density at radius 1 is 1.17 bits per heavy atom. The van der Waals surface area contributed by atoms with Gasteiger partial charge in [0.2, 0.25) is 0 Å². The second-order valence-electron chi connectivity index (χ2n) is 5.20. The molecule has 0 unspecified atom stereocenters. The third-order valence-corrected chi connectivity index (χ3v) is 3.30. The number of nitrogens with one attached hydrogen (secondary N) is 1. The summed E-state index contributed by atoms with van der Waals surface area (Å²) in [5, 5.41) is 2.53. The molecular weight excluding hydrogens is 297 g/mol. The Morgan fingerprint density at radius 2 is 1.96 bits per heavy atom. The summed E-state index contributed by atoms with van der Waals surface area (Å²) in [5.74, 6) is 0.314. The number of anilines is 1. The number of carbonyl (C=O) groups excluding carboxylic acids is 1. The monoisotopic (exact) mass is 317 g/mol. The van der Waals surface area contributed by atoms with Gasteiger partial charge in [-0.2, -0.15) is 0 Å². The lowest BCUT2D eigenvalue weighted by Crippen LogP contribution is -2.15. The van der Waals surface area contributed by atoms with Gasteiger partial charge in [-0.05, 0) is 44.5 Å². The van der Waals surface area contributed by atoms with E-state index in [4.69, 9.17) is 9.47 Å². The first-order valence-corrected chi connectivity index (χ1v) is 7.42. The van der Waals surface area contributed by atoms with Crippen LogP contribution >= 0.6 is 0 Å². The quantitative estimate of drug-likeness (QED) is 0.877. The van der Waals surface area contributed by atoms with E-state index in [0.29, 0.717) is 11.3 Å². The number of amides is 1. The highest BCUT2D eigenvalue weighted by atomic mass is 19.1. The van der Waals surface area contributed by atoms with Crippen molar-refractivity contribution in [3.8, 4) is 5.75 Å². The van der Waals surface area contributed by atoms with Crippen molar-refractivity contribution in [3.05, 3.63) is 58.9 Å². The lowest BCUT2D eigenvalue weighted by atomic mass is 10.1. The molecule has 0 aliphatic carbocycles. The van der Waals surface area contributed by atoms with Crippen molar-refractivity contribution in [1.82, 2.24) is 0 Å². The van der Waals surface area contributed by atoms with Crippen LogP contribution in [0.15, 0.2) is 36.4 Å². The molecule has 4 nitrogen and oxygen atoms in total. The van der Waals surface area contributed by atoms with Crippen LogP contribution in [0.1, 0.15) is 23.6 Å². The van der Waals surface area contributed by atoms with Gasteiger partial charge in [0.1, 0.15) is 18.2 Å². The number of hydrogen-bond acceptors (Lipinski definition) is 3. The first-order chi connectivity index (χ1) is 11.0. The van der Waals surface area contributed by atoms with Gasteiger partial charge >= 0.3 is 6.09 Å². The summed E-state index contributed by atoms with van der Waals surface area (Å²) in [5.41, 5.74) is 3.18. The molecule has 2 aromatic carbocycles. The third kappa shape index (κ3) is 4.71. The van der Waals surface area contributed by atoms with Crippen molar-refractivity contribution < 1.29 is 18.7 Å². The first kappa shape index (κ1) is 16.8. The van der Waals surface area contributed by atoms with E-state index in [9.17, 15) is 9.18 Å². The van der Waals surface area contributed by atoms with Gasteiger partial charge in [-0.25, -0.2) is 9.18 Å². The molecule has 0 aliphatic rings. The summed E-state index contributed by atoms with van der Waals surface area (Å²) in [4.78, 5) is 11.5. The number of rotatable bonds is 5. The standard InChI is InChI=1S/C18H20FNO3/c1-4-22-18(21)20-16-10-15(19)7-6-14(16)11-23-17-8-5-12(2)9-13(17)3/h5-10H,4,11H2,1-3H3,(H,20,21). The van der Waals surface area contributed by atoms with Gasteiger partial charge in [-0.15, -0.1) is 0 Å². The zero-order valence-corrected chi connectivity index (χ0v) is 13.5. The van der Waals surface area contributed by atoms with E-state index >= 15 is 0 Å². The van der Waals surface area contributed by atoms with Crippen molar-refractivity contribution in [2.24, 2.45) is 0 Å². The van der Waals surface area contributed by atoms with E-state index in [0.717, 1.165) is 16.9 Å². The number of hydrogen-bond donors (Lipinski definition) is 1. The molecule has 2 rings (SSSR count). The van der Waals surface area contributed by atoms with Crippen LogP contribution in [0.4, 0.5) is 14.9 Å². The highest BCUT2D eigenvalue weighted by Crippen LogP contribution is 2.23. The van der Waals surface area contributed by atoms with Crippen LogP contribution in [0.25, 0.3) is 0 Å². The number of benzene rings is 2. The maximum Gasteiger partial charge on any atom is 0.411 e. The Bertz CT molecular complexity index is 701. The Morgan fingerprint density at radius 3 is 2.65 bits per heavy atom. The minimum atomic E-state index is -0.620. The predicted molar refractivity (Wildman–Crippen MR) is 87.3 cm³/mol. The van der Waals surface area contributed by atoms with Crippen LogP contribution in [0.2, 0.25) is 0 Å². The maximum absolute atomic E-state index is 13.4. The smallest absolute Gasteiger partial charge is 0.411 e. The summed E-state index contributed by atoms with van der Waals surface area (Å²) >= 11 is 0. The SMILES string of the molecule is CCOC(=O)Nc1cc(F)ccc1COc1ccc(C)cc1C. The van der Waals surface area contributed by atoms with Crippen molar-refractivity contribution in [2.75, 3.05) is 11.9 Å². The Labute approximate surface area is 135 Å². The molecule has 0 bridgehead atoms. The molecule has 0 saturated heterocycles. The summed E-state index contributed by atoms with van der Waals surface area (Å²) in [6.45, 7) is 6.14. The van der Waals surface area contributed by atoms with Gasteiger partial charge in [-0.3, -0.25) is 5.32 Å². The second-order valence-corrected chi connectivity index (χ2v) is 5.20. The van der Waals surface area contributed by atoms with Gasteiger partial charge < -0.3 is 9.47 Å². The molecule has 122 valence electrons. The second kappa shape index (κ2) is 7.63. The predicted octanol–water partition coefficient (Wildman–Crippen LogP) is 4.59. The summed E-state index contributed by atoms with van der Waals surface area (Å²) in [7, 11) is 0. The summed E-state index contributed by atoms with van der Waals surface area (Å²) in [6, 6.07) is 10.0. The molecule has 0 aromatic heterocycles. The van der Waals surface area contributed by atoms with E-state index in [-0.39, 0.29) is 13.2 Å². The fraction of sp³-hybridized carbons (Fsp3) is 0.278. The van der Waals surface area contributed by atoms with Gasteiger partial charge in [0, 0.05) is 5.56 Å². The average molecular weight is 317 g/mol. The van der Waals surface area contributed by atoms with Crippen LogP contribution in [-0.4, -0.2) is 12.7 Å². The lowest BCUT2D eigenvalue weighted by molar-refractivity contribution is 0.168.